The molecule has 1 aromatic carbocycles. The highest BCUT2D eigenvalue weighted by Gasteiger charge is 2.18. The molecule has 0 aliphatic rings. The van der Waals surface area contributed by atoms with E-state index in [4.69, 9.17) is 5.11 Å². The monoisotopic (exact) mass is 309 g/mol. The molecular formula is C15H19NO4S. The number of rotatable bonds is 7. The van der Waals surface area contributed by atoms with Crippen molar-refractivity contribution in [2.75, 3.05) is 5.75 Å². The molecule has 1 atom stereocenters. The molecule has 0 spiro atoms. The van der Waals surface area contributed by atoms with E-state index < -0.39 is 17.9 Å². The SMILES string of the molecule is Cc1ccc(C(=O)CCC(=O)NC(CS)C(=O)O)cc1C. The second-order valence-electron chi connectivity index (χ2n) is 4.86. The number of amides is 1. The predicted molar refractivity (Wildman–Crippen MR) is 82.9 cm³/mol. The second-order valence-corrected chi connectivity index (χ2v) is 5.23. The van der Waals surface area contributed by atoms with Gasteiger partial charge in [0.05, 0.1) is 0 Å². The summed E-state index contributed by atoms with van der Waals surface area (Å²) in [5.41, 5.74) is 2.68. The largest absolute Gasteiger partial charge is 0.480 e. The number of aliphatic carboxylic acids is 1. The summed E-state index contributed by atoms with van der Waals surface area (Å²) in [5, 5.41) is 11.1. The van der Waals surface area contributed by atoms with Crippen molar-refractivity contribution >= 4 is 30.3 Å². The Bertz CT molecular complexity index is 557. The maximum Gasteiger partial charge on any atom is 0.327 e. The fraction of sp³-hybridized carbons (Fsp3) is 0.400. The molecule has 0 aromatic heterocycles. The second kappa shape index (κ2) is 7.83. The van der Waals surface area contributed by atoms with E-state index in [0.29, 0.717) is 5.56 Å². The fourth-order valence-corrected chi connectivity index (χ4v) is 1.99. The molecular weight excluding hydrogens is 290 g/mol. The van der Waals surface area contributed by atoms with Gasteiger partial charge in [0.15, 0.2) is 5.78 Å². The van der Waals surface area contributed by atoms with Gasteiger partial charge in [-0.15, -0.1) is 0 Å². The summed E-state index contributed by atoms with van der Waals surface area (Å²) in [6.07, 6.45) is 0.0105. The topological polar surface area (TPSA) is 83.5 Å². The van der Waals surface area contributed by atoms with Gasteiger partial charge in [0.2, 0.25) is 5.91 Å². The summed E-state index contributed by atoms with van der Waals surface area (Å²) < 4.78 is 0. The van der Waals surface area contributed by atoms with Crippen LogP contribution in [0.5, 0.6) is 0 Å². The molecule has 114 valence electrons. The number of thiol groups is 1. The summed E-state index contributed by atoms with van der Waals surface area (Å²) >= 11 is 3.85. The van der Waals surface area contributed by atoms with Crippen molar-refractivity contribution in [1.29, 1.82) is 0 Å². The van der Waals surface area contributed by atoms with Gasteiger partial charge >= 0.3 is 5.97 Å². The van der Waals surface area contributed by atoms with Crippen molar-refractivity contribution in [3.8, 4) is 0 Å². The molecule has 0 aliphatic carbocycles. The van der Waals surface area contributed by atoms with Crippen LogP contribution >= 0.6 is 12.6 Å². The number of hydrogen-bond acceptors (Lipinski definition) is 4. The zero-order valence-electron chi connectivity index (χ0n) is 12.0. The Morgan fingerprint density at radius 3 is 2.38 bits per heavy atom. The molecule has 0 aliphatic heterocycles. The van der Waals surface area contributed by atoms with E-state index in [-0.39, 0.29) is 24.4 Å². The number of Topliss-reactive ketones (excluding diaryl/α,β-unsaturated/α-hetero) is 1. The Balaban J connectivity index is 2.54. The molecule has 0 bridgehead atoms. The normalized spacial score (nSPS) is 11.8. The molecule has 0 radical (unpaired) electrons. The van der Waals surface area contributed by atoms with Crippen LogP contribution in [0.15, 0.2) is 18.2 Å². The Hall–Kier alpha value is -1.82. The van der Waals surface area contributed by atoms with E-state index in [0.717, 1.165) is 11.1 Å². The van der Waals surface area contributed by atoms with Crippen molar-refractivity contribution in [2.45, 2.75) is 32.7 Å². The van der Waals surface area contributed by atoms with Gasteiger partial charge in [0.25, 0.3) is 0 Å². The molecule has 0 fully saturated rings. The highest BCUT2D eigenvalue weighted by molar-refractivity contribution is 7.80. The third-order valence-corrected chi connectivity index (χ3v) is 3.59. The smallest absolute Gasteiger partial charge is 0.327 e. The molecule has 21 heavy (non-hydrogen) atoms. The molecule has 0 saturated heterocycles. The van der Waals surface area contributed by atoms with Gasteiger partial charge in [0.1, 0.15) is 6.04 Å². The van der Waals surface area contributed by atoms with Crippen LogP contribution in [-0.4, -0.2) is 34.6 Å². The van der Waals surface area contributed by atoms with E-state index in [9.17, 15) is 14.4 Å². The zero-order valence-corrected chi connectivity index (χ0v) is 12.9. The lowest BCUT2D eigenvalue weighted by atomic mass is 10.0. The van der Waals surface area contributed by atoms with Crippen LogP contribution in [-0.2, 0) is 9.59 Å². The number of nitrogens with one attached hydrogen (secondary N) is 1. The molecule has 0 heterocycles. The Morgan fingerprint density at radius 1 is 1.19 bits per heavy atom. The Kier molecular flexibility index (Phi) is 6.42. The van der Waals surface area contributed by atoms with Gasteiger partial charge in [0, 0.05) is 24.2 Å². The minimum atomic E-state index is -1.14. The van der Waals surface area contributed by atoms with Gasteiger partial charge in [-0.05, 0) is 31.0 Å². The first kappa shape index (κ1) is 17.2. The Labute approximate surface area is 129 Å². The van der Waals surface area contributed by atoms with E-state index in [1.165, 1.54) is 0 Å². The first-order valence-corrected chi connectivity index (χ1v) is 7.22. The van der Waals surface area contributed by atoms with Crippen LogP contribution in [0.25, 0.3) is 0 Å². The van der Waals surface area contributed by atoms with Crippen molar-refractivity contribution in [2.24, 2.45) is 0 Å². The third-order valence-electron chi connectivity index (χ3n) is 3.22. The lowest BCUT2D eigenvalue weighted by Gasteiger charge is -2.11. The lowest BCUT2D eigenvalue weighted by molar-refractivity contribution is -0.141. The average Bonchev–Trinajstić information content (AvgIpc) is 2.44. The van der Waals surface area contributed by atoms with Crippen LogP contribution in [0.3, 0.4) is 0 Å². The van der Waals surface area contributed by atoms with E-state index >= 15 is 0 Å². The average molecular weight is 309 g/mol. The van der Waals surface area contributed by atoms with Gasteiger partial charge in [-0.25, -0.2) is 4.79 Å². The summed E-state index contributed by atoms with van der Waals surface area (Å²) in [7, 11) is 0. The number of carbonyl (C=O) groups excluding carboxylic acids is 2. The van der Waals surface area contributed by atoms with Crippen LogP contribution in [0.4, 0.5) is 0 Å². The van der Waals surface area contributed by atoms with Gasteiger partial charge in [-0.2, -0.15) is 12.6 Å². The van der Waals surface area contributed by atoms with Gasteiger partial charge < -0.3 is 10.4 Å². The molecule has 1 aromatic rings. The number of aryl methyl sites for hydroxylation is 2. The number of benzene rings is 1. The minimum absolute atomic E-state index is 0.00613. The quantitative estimate of drug-likeness (QED) is 0.529. The highest BCUT2D eigenvalue weighted by atomic mass is 32.1. The maximum atomic E-state index is 12.0. The van der Waals surface area contributed by atoms with Crippen molar-refractivity contribution in [3.05, 3.63) is 34.9 Å². The number of carbonyl (C=O) groups is 3. The van der Waals surface area contributed by atoms with Crippen LogP contribution in [0.2, 0.25) is 0 Å². The van der Waals surface area contributed by atoms with Gasteiger partial charge in [-0.1, -0.05) is 12.1 Å². The fourth-order valence-electron chi connectivity index (χ4n) is 1.74. The number of carboxylic acids is 1. The van der Waals surface area contributed by atoms with E-state index in [1.54, 1.807) is 12.1 Å². The van der Waals surface area contributed by atoms with Gasteiger partial charge in [-0.3, -0.25) is 9.59 Å². The maximum absolute atomic E-state index is 12.0. The third kappa shape index (κ3) is 5.23. The number of carboxylic acid groups (broad SMARTS) is 1. The number of hydrogen-bond donors (Lipinski definition) is 3. The molecule has 5 nitrogen and oxygen atoms in total. The molecule has 1 rings (SSSR count). The molecule has 1 amide bonds. The molecule has 1 unspecified atom stereocenters. The van der Waals surface area contributed by atoms with Crippen molar-refractivity contribution in [3.63, 3.8) is 0 Å². The Morgan fingerprint density at radius 2 is 1.86 bits per heavy atom. The molecule has 2 N–H and O–H groups in total. The lowest BCUT2D eigenvalue weighted by Crippen LogP contribution is -2.42. The first-order chi connectivity index (χ1) is 9.85. The predicted octanol–water partition coefficient (Wildman–Crippen LogP) is 1.77. The summed E-state index contributed by atoms with van der Waals surface area (Å²) in [6.45, 7) is 3.88. The van der Waals surface area contributed by atoms with Crippen LogP contribution in [0, 0.1) is 13.8 Å². The highest BCUT2D eigenvalue weighted by Crippen LogP contribution is 2.12. The van der Waals surface area contributed by atoms with Crippen LogP contribution < -0.4 is 5.32 Å². The zero-order chi connectivity index (χ0) is 16.0. The molecule has 6 heteroatoms. The van der Waals surface area contributed by atoms with Crippen molar-refractivity contribution < 1.29 is 19.5 Å². The summed E-state index contributed by atoms with van der Waals surface area (Å²) in [4.78, 5) is 34.4. The first-order valence-electron chi connectivity index (χ1n) is 6.58. The van der Waals surface area contributed by atoms with Crippen molar-refractivity contribution in [1.82, 2.24) is 5.32 Å². The van der Waals surface area contributed by atoms with E-state index in [2.05, 4.69) is 17.9 Å². The molecule has 0 saturated carbocycles. The van der Waals surface area contributed by atoms with Crippen LogP contribution in [0.1, 0.15) is 34.3 Å². The van der Waals surface area contributed by atoms with E-state index in [1.807, 2.05) is 19.9 Å². The summed E-state index contributed by atoms with van der Waals surface area (Å²) in [5.74, 6) is -1.73. The standard InChI is InChI=1S/C15H19NO4S/c1-9-3-4-11(7-10(9)2)13(17)5-6-14(18)16-12(8-21)15(19)20/h3-4,7,12,21H,5-6,8H2,1-2H3,(H,16,18)(H,19,20). The number of ketones is 1. The minimum Gasteiger partial charge on any atom is -0.480 e. The summed E-state index contributed by atoms with van der Waals surface area (Å²) in [6, 6.07) is 4.36.